The van der Waals surface area contributed by atoms with Gasteiger partial charge in [0.15, 0.2) is 0 Å². The number of hydrogen-bond acceptors (Lipinski definition) is 2. The average Bonchev–Trinajstić information content (AvgIpc) is 2.69. The first-order chi connectivity index (χ1) is 14.2. The third kappa shape index (κ3) is 5.31. The maximum atomic E-state index is 13.3. The molecule has 2 fully saturated rings. The molecule has 4 heteroatoms. The van der Waals surface area contributed by atoms with E-state index < -0.39 is 0 Å². The van der Waals surface area contributed by atoms with Crippen LogP contribution in [0.1, 0.15) is 43.7 Å². The van der Waals surface area contributed by atoms with E-state index in [0.717, 1.165) is 41.5 Å². The Morgan fingerprint density at radius 1 is 1.30 bits per heavy atom. The quantitative estimate of drug-likeness (QED) is 0.340. The number of hydrogen-bond donors (Lipinski definition) is 0. The molecule has 1 spiro atoms. The summed E-state index contributed by atoms with van der Waals surface area (Å²) in [5.74, 6) is 0.235. The van der Waals surface area contributed by atoms with E-state index in [1.54, 1.807) is 0 Å². The summed E-state index contributed by atoms with van der Waals surface area (Å²) in [6.07, 6.45) is 8.94. The summed E-state index contributed by atoms with van der Waals surface area (Å²) in [5, 5.41) is 0.727. The highest BCUT2D eigenvalue weighted by Gasteiger charge is 2.46. The molecule has 1 atom stereocenters. The summed E-state index contributed by atoms with van der Waals surface area (Å²) < 4.78 is 13.3. The molecule has 0 amide bonds. The van der Waals surface area contributed by atoms with E-state index in [4.69, 9.17) is 11.6 Å². The minimum atomic E-state index is -0.205. The van der Waals surface area contributed by atoms with Crippen molar-refractivity contribution in [2.24, 2.45) is 22.2 Å². The second-order valence-corrected chi connectivity index (χ2v) is 9.65. The van der Waals surface area contributed by atoms with Gasteiger partial charge in [-0.1, -0.05) is 49.4 Å². The molecule has 0 N–H and O–H groups in total. The molecule has 1 aliphatic carbocycles. The van der Waals surface area contributed by atoms with Gasteiger partial charge in [-0.2, -0.15) is 0 Å². The second-order valence-electron chi connectivity index (χ2n) is 9.24. The van der Waals surface area contributed by atoms with Gasteiger partial charge in [0, 0.05) is 36.2 Å². The van der Waals surface area contributed by atoms with Crippen LogP contribution >= 0.6 is 11.6 Å². The van der Waals surface area contributed by atoms with Gasteiger partial charge in [-0.15, -0.1) is 0 Å². The van der Waals surface area contributed by atoms with E-state index in [9.17, 15) is 4.39 Å². The molecule has 0 bridgehead atoms. The van der Waals surface area contributed by atoms with Gasteiger partial charge in [0.25, 0.3) is 0 Å². The SMILES string of the molecule is C=C(/C=C\C(=NC)C1CC2(CCN(CC(C)C(=C)F)CC2)C1)c1cc(C)ccc1Cl. The third-order valence-electron chi connectivity index (χ3n) is 6.94. The van der Waals surface area contributed by atoms with E-state index in [1.807, 2.05) is 32.2 Å². The number of benzene rings is 1. The Bertz CT molecular complexity index is 854. The zero-order valence-electron chi connectivity index (χ0n) is 18.6. The molecule has 1 heterocycles. The number of aliphatic imine (C=N–C) groups is 1. The summed E-state index contributed by atoms with van der Waals surface area (Å²) >= 11 is 6.34. The van der Waals surface area contributed by atoms with Crippen molar-refractivity contribution in [2.45, 2.75) is 39.5 Å². The Labute approximate surface area is 186 Å². The molecule has 0 aromatic heterocycles. The molecule has 1 saturated carbocycles. The first kappa shape index (κ1) is 23.0. The molecule has 2 nitrogen and oxygen atoms in total. The van der Waals surface area contributed by atoms with E-state index in [2.05, 4.69) is 42.1 Å². The molecule has 1 saturated heterocycles. The number of nitrogens with zero attached hydrogens (tertiary/aromatic N) is 2. The molecule has 30 heavy (non-hydrogen) atoms. The first-order valence-corrected chi connectivity index (χ1v) is 11.3. The Morgan fingerprint density at radius 3 is 2.57 bits per heavy atom. The lowest BCUT2D eigenvalue weighted by Gasteiger charge is -2.52. The van der Waals surface area contributed by atoms with Crippen molar-refractivity contribution in [3.8, 4) is 0 Å². The van der Waals surface area contributed by atoms with Crippen molar-refractivity contribution >= 4 is 22.9 Å². The molecule has 1 aliphatic heterocycles. The Kier molecular flexibility index (Phi) is 7.36. The van der Waals surface area contributed by atoms with Crippen LogP contribution in [0.15, 0.2) is 54.3 Å². The lowest BCUT2D eigenvalue weighted by molar-refractivity contribution is 0.00822. The van der Waals surface area contributed by atoms with Gasteiger partial charge < -0.3 is 4.90 Å². The molecular formula is C26H34ClFN2. The summed E-state index contributed by atoms with van der Waals surface area (Å²) in [7, 11) is 1.88. The Morgan fingerprint density at radius 2 is 1.97 bits per heavy atom. The standard InChI is InChI=1S/C26H34ClFN2/c1-18-6-8-24(27)23(14-18)19(2)7-9-25(29-5)22-15-26(16-22)10-12-30(13-11-26)17-20(3)21(4)28/h6-9,14,20,22H,2,4,10-13,15-17H2,1,3,5H3/b9-7-,29-25?. The van der Waals surface area contributed by atoms with Crippen LogP contribution in [0.3, 0.4) is 0 Å². The van der Waals surface area contributed by atoms with Crippen molar-refractivity contribution < 1.29 is 4.39 Å². The van der Waals surface area contributed by atoms with Gasteiger partial charge in [-0.3, -0.25) is 4.99 Å². The van der Waals surface area contributed by atoms with E-state index in [0.29, 0.717) is 11.3 Å². The highest BCUT2D eigenvalue weighted by molar-refractivity contribution is 6.32. The molecule has 1 unspecified atom stereocenters. The minimum Gasteiger partial charge on any atom is -0.303 e. The molecule has 162 valence electrons. The van der Waals surface area contributed by atoms with Crippen LogP contribution in [-0.4, -0.2) is 37.3 Å². The summed E-state index contributed by atoms with van der Waals surface area (Å²) in [6.45, 7) is 14.5. The normalized spacial score (nSPS) is 21.0. The Balaban J connectivity index is 1.53. The molecule has 3 rings (SSSR count). The van der Waals surface area contributed by atoms with Crippen LogP contribution in [0.5, 0.6) is 0 Å². The largest absolute Gasteiger partial charge is 0.303 e. The van der Waals surface area contributed by atoms with Gasteiger partial charge in [-0.25, -0.2) is 4.39 Å². The van der Waals surface area contributed by atoms with Gasteiger partial charge in [0.05, 0.1) is 5.83 Å². The van der Waals surface area contributed by atoms with Gasteiger partial charge in [0.1, 0.15) is 0 Å². The molecular weight excluding hydrogens is 395 g/mol. The van der Waals surface area contributed by atoms with Gasteiger partial charge in [0.2, 0.25) is 0 Å². The van der Waals surface area contributed by atoms with Gasteiger partial charge in [-0.05, 0) is 80.5 Å². The lowest BCUT2D eigenvalue weighted by atomic mass is 9.56. The fraction of sp³-hybridized carbons (Fsp3) is 0.500. The number of rotatable bonds is 7. The zero-order valence-corrected chi connectivity index (χ0v) is 19.3. The highest BCUT2D eigenvalue weighted by atomic mass is 35.5. The number of halogens is 2. The minimum absolute atomic E-state index is 0.0767. The van der Waals surface area contributed by atoms with Crippen LogP contribution in [0.4, 0.5) is 4.39 Å². The summed E-state index contributed by atoms with van der Waals surface area (Å²) in [5.41, 5.74) is 4.65. The zero-order chi connectivity index (χ0) is 21.9. The number of allylic oxidation sites excluding steroid dienone is 3. The maximum absolute atomic E-state index is 13.3. The number of aryl methyl sites for hydroxylation is 1. The number of piperidine rings is 1. The molecule has 2 aliphatic rings. The average molecular weight is 429 g/mol. The maximum Gasteiger partial charge on any atom is 0.0968 e. The van der Waals surface area contributed by atoms with E-state index in [1.165, 1.54) is 31.2 Å². The third-order valence-corrected chi connectivity index (χ3v) is 7.27. The van der Waals surface area contributed by atoms with Crippen LogP contribution in [0.25, 0.3) is 5.57 Å². The summed E-state index contributed by atoms with van der Waals surface area (Å²) in [6, 6.07) is 6.00. The van der Waals surface area contributed by atoms with Crippen LogP contribution in [0, 0.1) is 24.2 Å². The summed E-state index contributed by atoms with van der Waals surface area (Å²) in [4.78, 5) is 6.95. The monoisotopic (exact) mass is 428 g/mol. The second kappa shape index (κ2) is 9.62. The predicted octanol–water partition coefficient (Wildman–Crippen LogP) is 6.90. The van der Waals surface area contributed by atoms with Crippen molar-refractivity contribution in [1.29, 1.82) is 0 Å². The fourth-order valence-corrected chi connectivity index (χ4v) is 5.09. The topological polar surface area (TPSA) is 15.6 Å². The molecule has 0 radical (unpaired) electrons. The predicted molar refractivity (Wildman–Crippen MR) is 128 cm³/mol. The van der Waals surface area contributed by atoms with Crippen molar-refractivity contribution in [2.75, 3.05) is 26.7 Å². The van der Waals surface area contributed by atoms with Crippen LogP contribution < -0.4 is 0 Å². The van der Waals surface area contributed by atoms with Crippen LogP contribution in [0.2, 0.25) is 5.02 Å². The van der Waals surface area contributed by atoms with E-state index >= 15 is 0 Å². The van der Waals surface area contributed by atoms with Crippen molar-refractivity contribution in [1.82, 2.24) is 4.90 Å². The van der Waals surface area contributed by atoms with Gasteiger partial charge >= 0.3 is 0 Å². The fourth-order valence-electron chi connectivity index (χ4n) is 4.85. The van der Waals surface area contributed by atoms with Crippen LogP contribution in [-0.2, 0) is 0 Å². The lowest BCUT2D eigenvalue weighted by Crippen LogP contribution is -2.49. The first-order valence-electron chi connectivity index (χ1n) is 10.9. The Hall–Kier alpha value is -1.71. The van der Waals surface area contributed by atoms with E-state index in [-0.39, 0.29) is 11.7 Å². The van der Waals surface area contributed by atoms with Crippen molar-refractivity contribution in [3.05, 3.63) is 65.5 Å². The number of likely N-dealkylation sites (tertiary alicyclic amines) is 1. The highest BCUT2D eigenvalue weighted by Crippen LogP contribution is 2.53. The molecule has 1 aromatic rings. The van der Waals surface area contributed by atoms with Crippen molar-refractivity contribution in [3.63, 3.8) is 0 Å². The smallest absolute Gasteiger partial charge is 0.0968 e. The molecule has 1 aromatic carbocycles.